The standard InChI is InChI=1S/C22H29N5O2/c28-20(27-14-12-26(13-15-27)16-17-6-2-1-3-7-17)10-11-23-22(29)21-18-8-4-5-9-19(18)24-25-21/h1-3,6-7H,4-5,8-16H2,(H,23,29)(H,24,25). The van der Waals surface area contributed by atoms with Gasteiger partial charge in [-0.15, -0.1) is 0 Å². The zero-order valence-corrected chi connectivity index (χ0v) is 16.8. The third-order valence-corrected chi connectivity index (χ3v) is 5.87. The van der Waals surface area contributed by atoms with E-state index in [2.05, 4.69) is 44.7 Å². The molecular weight excluding hydrogens is 366 g/mol. The first-order valence-corrected chi connectivity index (χ1v) is 10.6. The molecule has 1 aliphatic heterocycles. The Hall–Kier alpha value is -2.67. The fourth-order valence-electron chi connectivity index (χ4n) is 4.19. The third kappa shape index (κ3) is 4.85. The van der Waals surface area contributed by atoms with Gasteiger partial charge in [0.05, 0.1) is 0 Å². The van der Waals surface area contributed by atoms with Crippen molar-refractivity contribution in [3.63, 3.8) is 0 Å². The van der Waals surface area contributed by atoms with Crippen molar-refractivity contribution in [3.8, 4) is 0 Å². The molecular formula is C22H29N5O2. The van der Waals surface area contributed by atoms with E-state index in [-0.39, 0.29) is 11.8 Å². The predicted molar refractivity (Wildman–Crippen MR) is 110 cm³/mol. The van der Waals surface area contributed by atoms with Crippen LogP contribution in [0.4, 0.5) is 0 Å². The Morgan fingerprint density at radius 2 is 1.79 bits per heavy atom. The Labute approximate surface area is 171 Å². The van der Waals surface area contributed by atoms with Gasteiger partial charge in [-0.2, -0.15) is 5.10 Å². The number of fused-ring (bicyclic) bond motifs is 1. The van der Waals surface area contributed by atoms with E-state index < -0.39 is 0 Å². The zero-order valence-electron chi connectivity index (χ0n) is 16.8. The number of nitrogens with zero attached hydrogens (tertiary/aromatic N) is 3. The Balaban J connectivity index is 1.19. The number of rotatable bonds is 6. The number of nitrogens with one attached hydrogen (secondary N) is 2. The summed E-state index contributed by atoms with van der Waals surface area (Å²) in [6.07, 6.45) is 4.44. The van der Waals surface area contributed by atoms with Crippen LogP contribution in [-0.4, -0.2) is 64.5 Å². The van der Waals surface area contributed by atoms with Crippen LogP contribution in [0.2, 0.25) is 0 Å². The summed E-state index contributed by atoms with van der Waals surface area (Å²) in [6, 6.07) is 10.4. The molecule has 1 fully saturated rings. The van der Waals surface area contributed by atoms with Gasteiger partial charge >= 0.3 is 0 Å². The van der Waals surface area contributed by atoms with Gasteiger partial charge in [0.1, 0.15) is 0 Å². The molecule has 1 aromatic heterocycles. The molecule has 29 heavy (non-hydrogen) atoms. The molecule has 7 nitrogen and oxygen atoms in total. The Morgan fingerprint density at radius 3 is 2.59 bits per heavy atom. The highest BCUT2D eigenvalue weighted by molar-refractivity contribution is 5.94. The van der Waals surface area contributed by atoms with E-state index in [4.69, 9.17) is 0 Å². The third-order valence-electron chi connectivity index (χ3n) is 5.87. The van der Waals surface area contributed by atoms with Crippen LogP contribution in [0, 0.1) is 0 Å². The molecule has 2 aliphatic rings. The summed E-state index contributed by atoms with van der Waals surface area (Å²) >= 11 is 0. The van der Waals surface area contributed by atoms with Crippen molar-refractivity contribution in [2.24, 2.45) is 0 Å². The van der Waals surface area contributed by atoms with Crippen LogP contribution in [-0.2, 0) is 24.2 Å². The molecule has 7 heteroatoms. The summed E-state index contributed by atoms with van der Waals surface area (Å²) in [5, 5.41) is 10.0. The number of hydrogen-bond acceptors (Lipinski definition) is 4. The Kier molecular flexibility index (Phi) is 6.24. The van der Waals surface area contributed by atoms with E-state index >= 15 is 0 Å². The van der Waals surface area contributed by atoms with Gasteiger partial charge in [0.25, 0.3) is 5.91 Å². The number of hydrogen-bond donors (Lipinski definition) is 2. The topological polar surface area (TPSA) is 81.3 Å². The molecule has 2 aromatic rings. The highest BCUT2D eigenvalue weighted by atomic mass is 16.2. The van der Waals surface area contributed by atoms with Crippen molar-refractivity contribution in [1.82, 2.24) is 25.3 Å². The average molecular weight is 396 g/mol. The Morgan fingerprint density at radius 1 is 1.03 bits per heavy atom. The van der Waals surface area contributed by atoms with Crippen molar-refractivity contribution in [2.45, 2.75) is 38.6 Å². The summed E-state index contributed by atoms with van der Waals surface area (Å²) < 4.78 is 0. The SMILES string of the molecule is O=C(NCCC(=O)N1CCN(Cc2ccccc2)CC1)c1n[nH]c2c1CCCC2. The van der Waals surface area contributed by atoms with Crippen LogP contribution in [0.25, 0.3) is 0 Å². The number of benzene rings is 1. The lowest BCUT2D eigenvalue weighted by Crippen LogP contribution is -2.48. The number of carbonyl (C=O) groups excluding carboxylic acids is 2. The van der Waals surface area contributed by atoms with E-state index in [0.717, 1.165) is 69.7 Å². The van der Waals surface area contributed by atoms with Gasteiger partial charge in [-0.3, -0.25) is 19.6 Å². The summed E-state index contributed by atoms with van der Waals surface area (Å²) in [4.78, 5) is 29.2. The lowest BCUT2D eigenvalue weighted by atomic mass is 9.96. The molecule has 0 radical (unpaired) electrons. The van der Waals surface area contributed by atoms with E-state index in [1.807, 2.05) is 11.0 Å². The molecule has 1 saturated heterocycles. The largest absolute Gasteiger partial charge is 0.350 e. The molecule has 154 valence electrons. The van der Waals surface area contributed by atoms with Gasteiger partial charge in [-0.1, -0.05) is 30.3 Å². The molecule has 0 spiro atoms. The van der Waals surface area contributed by atoms with E-state index in [0.29, 0.717) is 18.7 Å². The summed E-state index contributed by atoms with van der Waals surface area (Å²) in [7, 11) is 0. The van der Waals surface area contributed by atoms with E-state index in [1.54, 1.807) is 0 Å². The summed E-state index contributed by atoms with van der Waals surface area (Å²) in [6.45, 7) is 4.52. The fourth-order valence-corrected chi connectivity index (χ4v) is 4.19. The molecule has 0 saturated carbocycles. The number of aromatic amines is 1. The number of aromatic nitrogens is 2. The molecule has 1 aromatic carbocycles. The van der Waals surface area contributed by atoms with Crippen LogP contribution in [0.1, 0.15) is 46.6 Å². The van der Waals surface area contributed by atoms with Crippen LogP contribution in [0.15, 0.2) is 30.3 Å². The quantitative estimate of drug-likeness (QED) is 0.781. The molecule has 2 N–H and O–H groups in total. The van der Waals surface area contributed by atoms with Crippen molar-refractivity contribution in [2.75, 3.05) is 32.7 Å². The van der Waals surface area contributed by atoms with Gasteiger partial charge in [0, 0.05) is 56.9 Å². The first-order valence-electron chi connectivity index (χ1n) is 10.6. The number of H-pyrrole nitrogens is 1. The highest BCUT2D eigenvalue weighted by Gasteiger charge is 2.23. The highest BCUT2D eigenvalue weighted by Crippen LogP contribution is 2.21. The second-order valence-corrected chi connectivity index (χ2v) is 7.88. The minimum atomic E-state index is -0.176. The molecule has 1 aliphatic carbocycles. The number of carbonyl (C=O) groups is 2. The summed E-state index contributed by atoms with van der Waals surface area (Å²) in [5.41, 5.74) is 3.94. The zero-order chi connectivity index (χ0) is 20.1. The fraction of sp³-hybridized carbons (Fsp3) is 0.500. The lowest BCUT2D eigenvalue weighted by molar-refractivity contribution is -0.132. The van der Waals surface area contributed by atoms with E-state index in [1.165, 1.54) is 5.56 Å². The van der Waals surface area contributed by atoms with Gasteiger partial charge in [-0.25, -0.2) is 0 Å². The van der Waals surface area contributed by atoms with Gasteiger partial charge in [0.2, 0.25) is 5.91 Å². The minimum Gasteiger partial charge on any atom is -0.350 e. The molecule has 4 rings (SSSR count). The second-order valence-electron chi connectivity index (χ2n) is 7.88. The molecule has 2 heterocycles. The maximum atomic E-state index is 12.5. The molecule has 2 amide bonds. The monoisotopic (exact) mass is 395 g/mol. The van der Waals surface area contributed by atoms with Crippen molar-refractivity contribution in [3.05, 3.63) is 52.8 Å². The van der Waals surface area contributed by atoms with Crippen molar-refractivity contribution < 1.29 is 9.59 Å². The van der Waals surface area contributed by atoms with Crippen LogP contribution < -0.4 is 5.32 Å². The van der Waals surface area contributed by atoms with Crippen LogP contribution in [0.3, 0.4) is 0 Å². The smallest absolute Gasteiger partial charge is 0.272 e. The first kappa shape index (κ1) is 19.6. The normalized spacial score (nSPS) is 17.0. The van der Waals surface area contributed by atoms with Gasteiger partial charge < -0.3 is 10.2 Å². The first-order chi connectivity index (χ1) is 14.2. The van der Waals surface area contributed by atoms with Crippen molar-refractivity contribution in [1.29, 1.82) is 0 Å². The van der Waals surface area contributed by atoms with Crippen molar-refractivity contribution >= 4 is 11.8 Å². The summed E-state index contributed by atoms with van der Waals surface area (Å²) in [5.74, 6) is -0.0707. The number of amides is 2. The second kappa shape index (κ2) is 9.22. The maximum Gasteiger partial charge on any atom is 0.272 e. The average Bonchev–Trinajstić information content (AvgIpc) is 3.19. The maximum absolute atomic E-state index is 12.5. The van der Waals surface area contributed by atoms with Gasteiger partial charge in [-0.05, 0) is 31.2 Å². The minimum absolute atomic E-state index is 0.105. The van der Waals surface area contributed by atoms with Crippen LogP contribution >= 0.6 is 0 Å². The Bertz CT molecular complexity index is 840. The number of aryl methyl sites for hydroxylation is 1. The predicted octanol–water partition coefficient (Wildman–Crippen LogP) is 1.75. The molecule has 0 atom stereocenters. The number of piperazine rings is 1. The molecule has 0 unspecified atom stereocenters. The molecule has 0 bridgehead atoms. The lowest BCUT2D eigenvalue weighted by Gasteiger charge is -2.34. The van der Waals surface area contributed by atoms with Crippen LogP contribution in [0.5, 0.6) is 0 Å². The van der Waals surface area contributed by atoms with E-state index in [9.17, 15) is 9.59 Å². The van der Waals surface area contributed by atoms with Gasteiger partial charge in [0.15, 0.2) is 5.69 Å².